The summed E-state index contributed by atoms with van der Waals surface area (Å²) in [5.74, 6) is 0. The van der Waals surface area contributed by atoms with Crippen LogP contribution >= 0.6 is 22.7 Å². The minimum absolute atomic E-state index is 0.921. The van der Waals surface area contributed by atoms with E-state index in [-0.39, 0.29) is 0 Å². The van der Waals surface area contributed by atoms with Gasteiger partial charge in [-0.3, -0.25) is 0 Å². The van der Waals surface area contributed by atoms with Gasteiger partial charge in [-0.1, -0.05) is 103 Å². The fraction of sp³-hybridized carbons (Fsp3) is 0. The Morgan fingerprint density at radius 2 is 0.980 bits per heavy atom. The van der Waals surface area contributed by atoms with Gasteiger partial charge in [-0.15, -0.1) is 22.7 Å². The lowest BCUT2D eigenvalue weighted by molar-refractivity contribution is 0.672. The average Bonchev–Trinajstić information content (AvgIpc) is 3.93. The smallest absolute Gasteiger partial charge is 0.143 e. The lowest BCUT2D eigenvalue weighted by atomic mass is 9.95. The number of aromatic amines is 1. The standard InChI is InChI=1S/C46H25NOS2/c1-5-13-37-27(9-1)35-23-25(41-33(43(35)47-37)21-19-31-29-11-3-7-15-39(29)49-45(31)41)17-18-26-24-36-28-10-2-6-14-38(28)48-44(36)34-22-20-32-30-12-4-8-16-40(30)50-46(32)42(26)34/h1-24,47H/b18-17+. The van der Waals surface area contributed by atoms with Crippen molar-refractivity contribution < 1.29 is 4.42 Å². The molecule has 232 valence electrons. The number of benzene rings is 8. The summed E-state index contributed by atoms with van der Waals surface area (Å²) in [7, 11) is 0. The predicted molar refractivity (Wildman–Crippen MR) is 219 cm³/mol. The van der Waals surface area contributed by atoms with Crippen LogP contribution in [0, 0.1) is 0 Å². The number of rotatable bonds is 2. The van der Waals surface area contributed by atoms with Crippen LogP contribution in [0.3, 0.4) is 0 Å². The van der Waals surface area contributed by atoms with Gasteiger partial charge in [0.2, 0.25) is 0 Å². The Labute approximate surface area is 293 Å². The molecule has 4 aromatic heterocycles. The maximum atomic E-state index is 6.60. The molecule has 1 N–H and O–H groups in total. The molecular weight excluding hydrogens is 647 g/mol. The van der Waals surface area contributed by atoms with Crippen LogP contribution in [0.5, 0.6) is 0 Å². The van der Waals surface area contributed by atoms with Crippen molar-refractivity contribution in [2.45, 2.75) is 0 Å². The number of thiophene rings is 2. The summed E-state index contributed by atoms with van der Waals surface area (Å²) in [5.41, 5.74) is 6.66. The molecule has 0 unspecified atom stereocenters. The van der Waals surface area contributed by atoms with E-state index >= 15 is 0 Å². The summed E-state index contributed by atoms with van der Waals surface area (Å²) in [6.45, 7) is 0. The second kappa shape index (κ2) is 9.82. The molecule has 0 radical (unpaired) electrons. The van der Waals surface area contributed by atoms with Crippen LogP contribution in [-0.4, -0.2) is 4.98 Å². The molecule has 0 fully saturated rings. The van der Waals surface area contributed by atoms with E-state index in [1.165, 1.54) is 83.9 Å². The zero-order chi connectivity index (χ0) is 32.5. The predicted octanol–water partition coefficient (Wildman–Crippen LogP) is 14.4. The second-order valence-corrected chi connectivity index (χ2v) is 15.4. The first-order valence-corrected chi connectivity index (χ1v) is 18.6. The first-order valence-electron chi connectivity index (χ1n) is 16.9. The number of aromatic nitrogens is 1. The highest BCUT2D eigenvalue weighted by molar-refractivity contribution is 7.27. The van der Waals surface area contributed by atoms with E-state index < -0.39 is 0 Å². The molecule has 0 aliphatic heterocycles. The lowest BCUT2D eigenvalue weighted by Crippen LogP contribution is -1.84. The van der Waals surface area contributed by atoms with E-state index in [2.05, 4.69) is 151 Å². The SMILES string of the molecule is C(=C\c1cc2c3ccccc3oc2c2ccc3c4ccccc4sc3c12)/c1cc2c3ccccc3[nH]c2c2ccc3c4ccccc4sc3c12. The minimum Gasteiger partial charge on any atom is -0.455 e. The molecule has 0 saturated heterocycles. The van der Waals surface area contributed by atoms with Crippen molar-refractivity contribution in [2.24, 2.45) is 0 Å². The third-order valence-corrected chi connectivity index (χ3v) is 13.0. The molecule has 4 heteroatoms. The van der Waals surface area contributed by atoms with Crippen LogP contribution in [0.4, 0.5) is 0 Å². The summed E-state index contributed by atoms with van der Waals surface area (Å²) in [6.07, 6.45) is 4.72. The van der Waals surface area contributed by atoms with Gasteiger partial charge in [0.1, 0.15) is 11.2 Å². The van der Waals surface area contributed by atoms with Gasteiger partial charge < -0.3 is 9.40 Å². The summed E-state index contributed by atoms with van der Waals surface area (Å²) < 4.78 is 11.9. The van der Waals surface area contributed by atoms with Gasteiger partial charge in [-0.05, 0) is 53.6 Å². The fourth-order valence-corrected chi connectivity index (χ4v) is 10.9. The normalized spacial score (nSPS) is 12.7. The monoisotopic (exact) mass is 671 g/mol. The molecule has 8 aromatic carbocycles. The Hall–Kier alpha value is -5.94. The first-order chi connectivity index (χ1) is 24.8. The number of hydrogen-bond donors (Lipinski definition) is 1. The Morgan fingerprint density at radius 1 is 0.440 bits per heavy atom. The number of hydrogen-bond acceptors (Lipinski definition) is 3. The summed E-state index contributed by atoms with van der Waals surface area (Å²) in [4.78, 5) is 3.78. The van der Waals surface area contributed by atoms with Crippen LogP contribution in [0.1, 0.15) is 11.1 Å². The maximum Gasteiger partial charge on any atom is 0.143 e. The number of furan rings is 1. The zero-order valence-corrected chi connectivity index (χ0v) is 28.2. The Morgan fingerprint density at radius 3 is 1.70 bits per heavy atom. The highest BCUT2D eigenvalue weighted by Gasteiger charge is 2.19. The molecule has 12 rings (SSSR count). The average molecular weight is 672 g/mol. The summed E-state index contributed by atoms with van der Waals surface area (Å²) in [5, 5.41) is 15.0. The van der Waals surface area contributed by atoms with Gasteiger partial charge in [-0.2, -0.15) is 0 Å². The highest BCUT2D eigenvalue weighted by Crippen LogP contribution is 2.46. The van der Waals surface area contributed by atoms with Crippen molar-refractivity contribution in [1.29, 1.82) is 0 Å². The van der Waals surface area contributed by atoms with Crippen molar-refractivity contribution in [1.82, 2.24) is 4.98 Å². The van der Waals surface area contributed by atoms with Crippen molar-refractivity contribution in [3.8, 4) is 0 Å². The third-order valence-electron chi connectivity index (χ3n) is 10.6. The summed E-state index contributed by atoms with van der Waals surface area (Å²) in [6, 6.07) is 48.6. The maximum absolute atomic E-state index is 6.60. The fourth-order valence-electron chi connectivity index (χ4n) is 8.38. The van der Waals surface area contributed by atoms with Gasteiger partial charge >= 0.3 is 0 Å². The second-order valence-electron chi connectivity index (χ2n) is 13.3. The molecular formula is C46H25NOS2. The van der Waals surface area contributed by atoms with Gasteiger partial charge in [0.25, 0.3) is 0 Å². The summed E-state index contributed by atoms with van der Waals surface area (Å²) >= 11 is 3.77. The number of nitrogens with one attached hydrogen (secondary N) is 1. The van der Waals surface area contributed by atoms with Gasteiger partial charge in [-0.25, -0.2) is 0 Å². The van der Waals surface area contributed by atoms with Crippen molar-refractivity contribution in [2.75, 3.05) is 0 Å². The van der Waals surface area contributed by atoms with Crippen LogP contribution in [-0.2, 0) is 0 Å². The van der Waals surface area contributed by atoms with Crippen LogP contribution < -0.4 is 0 Å². The first kappa shape index (κ1) is 26.9. The van der Waals surface area contributed by atoms with Crippen LogP contribution in [0.25, 0.3) is 118 Å². The van der Waals surface area contributed by atoms with E-state index in [1.807, 2.05) is 22.7 Å². The molecule has 2 nitrogen and oxygen atoms in total. The van der Waals surface area contributed by atoms with E-state index in [0.29, 0.717) is 0 Å². The topological polar surface area (TPSA) is 28.9 Å². The van der Waals surface area contributed by atoms with Gasteiger partial charge in [0.15, 0.2) is 0 Å². The van der Waals surface area contributed by atoms with Crippen LogP contribution in [0.2, 0.25) is 0 Å². The molecule has 0 bridgehead atoms. The number of para-hydroxylation sites is 2. The van der Waals surface area contributed by atoms with E-state index in [9.17, 15) is 0 Å². The molecule has 0 amide bonds. The third kappa shape index (κ3) is 3.56. The molecule has 0 saturated carbocycles. The van der Waals surface area contributed by atoms with E-state index in [4.69, 9.17) is 4.42 Å². The van der Waals surface area contributed by atoms with E-state index in [1.54, 1.807) is 0 Å². The minimum atomic E-state index is 0.921. The van der Waals surface area contributed by atoms with Crippen molar-refractivity contribution in [3.05, 3.63) is 145 Å². The molecule has 0 aliphatic rings. The molecule has 0 aliphatic carbocycles. The van der Waals surface area contributed by atoms with E-state index in [0.717, 1.165) is 32.8 Å². The zero-order valence-electron chi connectivity index (χ0n) is 26.6. The van der Waals surface area contributed by atoms with Crippen molar-refractivity contribution in [3.63, 3.8) is 0 Å². The molecule has 50 heavy (non-hydrogen) atoms. The van der Waals surface area contributed by atoms with Gasteiger partial charge in [0.05, 0.1) is 5.52 Å². The molecule has 0 spiro atoms. The Bertz CT molecular complexity index is 3200. The number of fused-ring (bicyclic) bond motifs is 18. The van der Waals surface area contributed by atoms with Gasteiger partial charge in [0, 0.05) is 89.0 Å². The molecule has 4 heterocycles. The number of H-pyrrole nitrogens is 1. The Balaban J connectivity index is 1.22. The highest BCUT2D eigenvalue weighted by atomic mass is 32.1. The molecule has 12 aromatic rings. The van der Waals surface area contributed by atoms with Crippen LogP contribution in [0.15, 0.2) is 138 Å². The van der Waals surface area contributed by atoms with Crippen molar-refractivity contribution >= 4 is 140 Å². The largest absolute Gasteiger partial charge is 0.455 e. The quantitative estimate of drug-likeness (QED) is 0.182. The Kier molecular flexibility index (Phi) is 5.29. The lowest BCUT2D eigenvalue weighted by Gasteiger charge is -2.09. The molecule has 0 atom stereocenters.